The summed E-state index contributed by atoms with van der Waals surface area (Å²) >= 11 is 1.68. The van der Waals surface area contributed by atoms with Crippen molar-refractivity contribution in [1.29, 1.82) is 0 Å². The van der Waals surface area contributed by atoms with E-state index in [1.807, 2.05) is 114 Å². The number of thiophene rings is 1. The van der Waals surface area contributed by atoms with Crippen molar-refractivity contribution in [3.05, 3.63) is 224 Å². The lowest BCUT2D eigenvalue weighted by Gasteiger charge is -2.36. The molecule has 57 heavy (non-hydrogen) atoms. The number of para-hydroxylation sites is 1. The van der Waals surface area contributed by atoms with Crippen molar-refractivity contribution < 1.29 is 13.7 Å². The fourth-order valence-electron chi connectivity index (χ4n) is 8.82. The Hall–Kier alpha value is -6.78. The van der Waals surface area contributed by atoms with Crippen molar-refractivity contribution in [3.8, 4) is 27.9 Å². The minimum Gasteiger partial charge on any atom is -0.308 e. The van der Waals surface area contributed by atoms with Crippen LogP contribution >= 0.6 is 11.3 Å². The zero-order chi connectivity index (χ0) is 46.5. The van der Waals surface area contributed by atoms with Gasteiger partial charge in [-0.1, -0.05) is 200 Å². The summed E-state index contributed by atoms with van der Waals surface area (Å²) in [4.78, 5) is 0. The highest BCUT2D eigenvalue weighted by Gasteiger charge is 2.42. The van der Waals surface area contributed by atoms with E-state index < -0.39 is 68.5 Å². The number of hydrogen-bond acceptors (Lipinski definition) is 1. The molecule has 0 bridgehead atoms. The van der Waals surface area contributed by atoms with Gasteiger partial charge in [0.2, 0.25) is 0 Å². The van der Waals surface area contributed by atoms with Gasteiger partial charge >= 0.3 is 0 Å². The van der Waals surface area contributed by atoms with Crippen LogP contribution in [0.1, 0.15) is 13.7 Å². The lowest BCUT2D eigenvalue weighted by Crippen LogP contribution is -2.74. The summed E-state index contributed by atoms with van der Waals surface area (Å²) in [5.74, 6) is 0. The minimum absolute atomic E-state index is 0.0819. The number of aromatic nitrogens is 1. The Labute approximate surface area is 351 Å². The van der Waals surface area contributed by atoms with Crippen LogP contribution in [0.4, 0.5) is 0 Å². The average Bonchev–Trinajstić information content (AvgIpc) is 3.91. The molecule has 2 aromatic heterocycles. The van der Waals surface area contributed by atoms with Crippen molar-refractivity contribution in [1.82, 2.24) is 4.57 Å². The van der Waals surface area contributed by atoms with Crippen LogP contribution in [0.2, 0.25) is 0 Å². The van der Waals surface area contributed by atoms with Gasteiger partial charge < -0.3 is 4.57 Å². The summed E-state index contributed by atoms with van der Waals surface area (Å²) in [7, 11) is -3.56. The molecule has 0 aliphatic rings. The van der Waals surface area contributed by atoms with Crippen LogP contribution in [-0.4, -0.2) is 12.6 Å². The van der Waals surface area contributed by atoms with E-state index >= 15 is 0 Å². The van der Waals surface area contributed by atoms with E-state index in [9.17, 15) is 5.48 Å². The molecular formula is C54H37NSSi. The second-order valence-corrected chi connectivity index (χ2v) is 18.9. The summed E-state index contributed by atoms with van der Waals surface area (Å²) in [6.07, 6.45) is 0. The summed E-state index contributed by atoms with van der Waals surface area (Å²) in [6.45, 7) is 0. The molecule has 0 amide bonds. The molecule has 0 radical (unpaired) electrons. The van der Waals surface area contributed by atoms with E-state index in [0.29, 0.717) is 16.4 Å². The van der Waals surface area contributed by atoms with E-state index in [0.717, 1.165) is 52.0 Å². The molecule has 0 unspecified atom stereocenters. The van der Waals surface area contributed by atoms with Gasteiger partial charge in [-0.2, -0.15) is 0 Å². The first kappa shape index (κ1) is 24.7. The van der Waals surface area contributed by atoms with Crippen LogP contribution in [-0.2, 0) is 0 Å². The molecule has 0 N–H and O–H groups in total. The van der Waals surface area contributed by atoms with Gasteiger partial charge in [0.25, 0.3) is 0 Å². The van der Waals surface area contributed by atoms with Gasteiger partial charge in [-0.15, -0.1) is 11.3 Å². The predicted octanol–water partition coefficient (Wildman–Crippen LogP) is 11.9. The normalized spacial score (nSPS) is 14.3. The number of hydrogen-bond donors (Lipinski definition) is 0. The summed E-state index contributed by atoms with van der Waals surface area (Å²) in [5.41, 5.74) is 2.08. The third kappa shape index (κ3) is 5.28. The lowest BCUT2D eigenvalue weighted by molar-refractivity contribution is 1.19. The number of rotatable bonds is 7. The molecule has 11 rings (SSSR count). The van der Waals surface area contributed by atoms with Crippen molar-refractivity contribution in [2.45, 2.75) is 0 Å². The molecule has 3 heteroatoms. The van der Waals surface area contributed by atoms with E-state index in [1.165, 1.54) is 0 Å². The molecule has 0 aliphatic heterocycles. The first-order valence-corrected chi connectivity index (χ1v) is 21.6. The maximum absolute atomic E-state index is 9.64. The lowest BCUT2D eigenvalue weighted by atomic mass is 9.95. The molecule has 0 aliphatic carbocycles. The number of nitrogens with zero attached hydrogens (tertiary/aromatic N) is 1. The molecule has 0 spiro atoms. The zero-order valence-corrected chi connectivity index (χ0v) is 32.3. The maximum Gasteiger partial charge on any atom is 0.179 e. The van der Waals surface area contributed by atoms with E-state index in [4.69, 9.17) is 8.22 Å². The first-order valence-electron chi connectivity index (χ1n) is 23.8. The standard InChI is InChI=1S/C54H37NSSi/c1-6-20-38(21-7-1)46-36-43(57(40-24-10-3-11-25-40,41-26-12-4-13-27-41)42-28-14-5-15-29-42)37-47(39-22-8-2-9-23-39)54(46)55-48-32-18-16-30-44(48)52-49(55)34-35-51-53(52)45-31-17-19-33-50(45)56-51/h1-37H/i1D,2D,6D,7D,8D,9D,20D,21D,22D,23D. The van der Waals surface area contributed by atoms with Crippen molar-refractivity contribution in [3.63, 3.8) is 0 Å². The molecule has 0 atom stereocenters. The number of benzene rings is 9. The third-order valence-electron chi connectivity index (χ3n) is 11.1. The van der Waals surface area contributed by atoms with E-state index in [2.05, 4.69) is 54.6 Å². The summed E-state index contributed by atoms with van der Waals surface area (Å²) in [6, 6.07) is 49.4. The van der Waals surface area contributed by atoms with Gasteiger partial charge in [0, 0.05) is 42.1 Å². The second-order valence-electron chi connectivity index (χ2n) is 14.1. The Morgan fingerprint density at radius 1 is 0.404 bits per heavy atom. The molecule has 11 aromatic rings. The van der Waals surface area contributed by atoms with Crippen LogP contribution in [0, 0.1) is 0 Å². The van der Waals surface area contributed by atoms with Gasteiger partial charge in [-0.05, 0) is 56.1 Å². The SMILES string of the molecule is [2H]c1c([2H])c([2H])c(-c2cc([Si](c3ccccc3)(c3ccccc3)c3ccccc3)cc(-c3c([2H])c([2H])c([2H])c([2H])c3[2H])c2-n2c3ccccc3c3c4c(ccc32)sc2ccccc24)c([2H])c1[2H]. The molecule has 0 saturated heterocycles. The Morgan fingerprint density at radius 2 is 0.895 bits per heavy atom. The Kier molecular flexibility index (Phi) is 5.95. The van der Waals surface area contributed by atoms with Crippen LogP contribution < -0.4 is 20.7 Å². The van der Waals surface area contributed by atoms with Crippen molar-refractivity contribution in [2.75, 3.05) is 0 Å². The fourth-order valence-corrected chi connectivity index (χ4v) is 14.7. The molecule has 9 aromatic carbocycles. The summed E-state index contributed by atoms with van der Waals surface area (Å²) in [5, 5.41) is 7.53. The zero-order valence-electron chi connectivity index (χ0n) is 40.4. The summed E-state index contributed by atoms with van der Waals surface area (Å²) < 4.78 is 96.4. The van der Waals surface area contributed by atoms with E-state index in [-0.39, 0.29) is 22.3 Å². The minimum atomic E-state index is -3.56. The van der Waals surface area contributed by atoms with Crippen molar-refractivity contribution in [2.24, 2.45) is 0 Å². The van der Waals surface area contributed by atoms with Crippen LogP contribution in [0.5, 0.6) is 0 Å². The van der Waals surface area contributed by atoms with Crippen molar-refractivity contribution >= 4 is 82.1 Å². The quantitative estimate of drug-likeness (QED) is 0.112. The highest BCUT2D eigenvalue weighted by atomic mass is 32.1. The topological polar surface area (TPSA) is 4.93 Å². The Balaban J connectivity index is 1.45. The third-order valence-corrected chi connectivity index (χ3v) is 17.0. The maximum atomic E-state index is 9.64. The number of fused-ring (bicyclic) bond motifs is 7. The fraction of sp³-hybridized carbons (Fsp3) is 0. The molecule has 0 fully saturated rings. The van der Waals surface area contributed by atoms with Crippen LogP contribution in [0.3, 0.4) is 0 Å². The monoisotopic (exact) mass is 769 g/mol. The van der Waals surface area contributed by atoms with Crippen LogP contribution in [0.15, 0.2) is 224 Å². The van der Waals surface area contributed by atoms with Gasteiger partial charge in [-0.3, -0.25) is 0 Å². The molecular weight excluding hydrogens is 723 g/mol. The highest BCUT2D eigenvalue weighted by Crippen LogP contribution is 2.46. The van der Waals surface area contributed by atoms with Gasteiger partial charge in [0.05, 0.1) is 30.4 Å². The van der Waals surface area contributed by atoms with Gasteiger partial charge in [-0.25, -0.2) is 0 Å². The predicted molar refractivity (Wildman–Crippen MR) is 248 cm³/mol. The van der Waals surface area contributed by atoms with Gasteiger partial charge in [0.15, 0.2) is 8.07 Å². The van der Waals surface area contributed by atoms with Crippen LogP contribution in [0.25, 0.3) is 69.9 Å². The molecule has 1 nitrogen and oxygen atoms in total. The highest BCUT2D eigenvalue weighted by molar-refractivity contribution is 7.26. The Morgan fingerprint density at radius 3 is 1.46 bits per heavy atom. The largest absolute Gasteiger partial charge is 0.308 e. The average molecular weight is 770 g/mol. The smallest absolute Gasteiger partial charge is 0.179 e. The first-order chi connectivity index (χ1) is 32.4. The van der Waals surface area contributed by atoms with E-state index in [1.54, 1.807) is 11.3 Å². The molecule has 2 heterocycles. The van der Waals surface area contributed by atoms with Gasteiger partial charge in [0.1, 0.15) is 0 Å². The Bertz CT molecular complexity index is 3570. The second kappa shape index (κ2) is 13.8. The molecule has 268 valence electrons. The molecule has 0 saturated carbocycles.